The molecule has 2 aromatic heterocycles. The first-order valence-electron chi connectivity index (χ1n) is 16.0. The molecular weight excluding hydrogens is 572 g/mol. The van der Waals surface area contributed by atoms with Crippen molar-refractivity contribution in [3.63, 3.8) is 0 Å². The number of unbranched alkanes of at least 4 members (excludes halogenated alkanes) is 4. The maximum atomic E-state index is 12.7. The number of amides is 1. The number of pyridine rings is 1. The molecule has 2 aromatic carbocycles. The Hall–Kier alpha value is -3.99. The van der Waals surface area contributed by atoms with Crippen molar-refractivity contribution >= 4 is 28.2 Å². The minimum absolute atomic E-state index is 0.0979. The van der Waals surface area contributed by atoms with Crippen LogP contribution in [0.25, 0.3) is 22.1 Å². The molecular formula is C35H44N4O6. The van der Waals surface area contributed by atoms with Gasteiger partial charge in [0, 0.05) is 45.0 Å². The van der Waals surface area contributed by atoms with Crippen LogP contribution >= 0.6 is 0 Å². The second-order valence-corrected chi connectivity index (χ2v) is 11.6. The SMILES string of the molecule is CN(CCCOc1ccc2c(=O)c3cccnc3oc2c1)Cc1cccc(OC(=O)NCCCCCCCN2CCOCC2)c1. The van der Waals surface area contributed by atoms with E-state index in [1.54, 1.807) is 42.6 Å². The lowest BCUT2D eigenvalue weighted by atomic mass is 10.1. The second-order valence-electron chi connectivity index (χ2n) is 11.6. The molecule has 45 heavy (non-hydrogen) atoms. The Morgan fingerprint density at radius 2 is 1.80 bits per heavy atom. The number of fused-ring (bicyclic) bond motifs is 2. The van der Waals surface area contributed by atoms with Gasteiger partial charge < -0.3 is 28.8 Å². The zero-order valence-corrected chi connectivity index (χ0v) is 26.2. The van der Waals surface area contributed by atoms with Crippen LogP contribution in [-0.2, 0) is 11.3 Å². The predicted molar refractivity (Wildman–Crippen MR) is 175 cm³/mol. The number of nitrogens with one attached hydrogen (secondary N) is 1. The fourth-order valence-corrected chi connectivity index (χ4v) is 5.53. The topological polar surface area (TPSA) is 106 Å². The van der Waals surface area contributed by atoms with Crippen molar-refractivity contribution in [1.29, 1.82) is 0 Å². The molecule has 1 aliphatic rings. The standard InChI is InChI=1S/C35H44N4O6/c1-38(17-9-21-43-28-13-14-30-32(25-28)45-34-31(33(30)40)12-8-16-36-34)26-27-10-7-11-29(24-27)44-35(41)37-15-5-3-2-4-6-18-39-19-22-42-23-20-39/h7-8,10-14,16,24-25H,2-6,9,15,17-23,26H2,1H3,(H,37,41). The average Bonchev–Trinajstić information content (AvgIpc) is 3.05. The Kier molecular flexibility index (Phi) is 12.2. The number of hydrogen-bond acceptors (Lipinski definition) is 9. The Bertz CT molecular complexity index is 1590. The van der Waals surface area contributed by atoms with Crippen LogP contribution in [-0.4, -0.2) is 80.5 Å². The molecule has 0 aliphatic carbocycles. The third-order valence-electron chi connectivity index (χ3n) is 7.96. The summed E-state index contributed by atoms with van der Waals surface area (Å²) >= 11 is 0. The highest BCUT2D eigenvalue weighted by atomic mass is 16.6. The first kappa shape index (κ1) is 32.4. The van der Waals surface area contributed by atoms with Gasteiger partial charge in [0.25, 0.3) is 0 Å². The lowest BCUT2D eigenvalue weighted by Gasteiger charge is -2.26. The molecule has 1 N–H and O–H groups in total. The Morgan fingerprint density at radius 1 is 0.956 bits per heavy atom. The van der Waals surface area contributed by atoms with Crippen LogP contribution in [0.1, 0.15) is 44.1 Å². The number of ether oxygens (including phenoxy) is 3. The molecule has 0 bridgehead atoms. The van der Waals surface area contributed by atoms with E-state index in [9.17, 15) is 9.59 Å². The number of carbonyl (C=O) groups excluding carboxylic acids is 1. The van der Waals surface area contributed by atoms with Crippen LogP contribution in [0.2, 0.25) is 0 Å². The minimum atomic E-state index is -0.414. The highest BCUT2D eigenvalue weighted by Crippen LogP contribution is 2.22. The Morgan fingerprint density at radius 3 is 2.69 bits per heavy atom. The Balaban J connectivity index is 0.955. The molecule has 240 valence electrons. The number of rotatable bonds is 16. The lowest BCUT2D eigenvalue weighted by molar-refractivity contribution is 0.0371. The molecule has 0 radical (unpaired) electrons. The molecule has 5 rings (SSSR count). The number of benzene rings is 2. The van der Waals surface area contributed by atoms with Crippen molar-refractivity contribution in [3.8, 4) is 11.5 Å². The number of nitrogens with zero attached hydrogens (tertiary/aromatic N) is 3. The summed E-state index contributed by atoms with van der Waals surface area (Å²) in [6.07, 6.45) is 7.68. The second kappa shape index (κ2) is 16.9. The van der Waals surface area contributed by atoms with Gasteiger partial charge in [-0.3, -0.25) is 9.69 Å². The molecule has 1 saturated heterocycles. The summed E-state index contributed by atoms with van der Waals surface area (Å²) in [5.41, 5.74) is 1.74. The van der Waals surface area contributed by atoms with Gasteiger partial charge in [0.1, 0.15) is 17.1 Å². The number of morpholine rings is 1. The van der Waals surface area contributed by atoms with Crippen LogP contribution in [0.4, 0.5) is 4.79 Å². The average molecular weight is 617 g/mol. The van der Waals surface area contributed by atoms with Crippen LogP contribution in [0, 0.1) is 0 Å². The van der Waals surface area contributed by atoms with Gasteiger partial charge >= 0.3 is 6.09 Å². The minimum Gasteiger partial charge on any atom is -0.493 e. The number of aromatic nitrogens is 1. The van der Waals surface area contributed by atoms with Gasteiger partial charge in [-0.15, -0.1) is 0 Å². The zero-order chi connectivity index (χ0) is 31.3. The molecule has 1 fully saturated rings. The normalized spacial score (nSPS) is 13.8. The van der Waals surface area contributed by atoms with Gasteiger partial charge in [0.2, 0.25) is 11.1 Å². The van der Waals surface area contributed by atoms with E-state index in [1.165, 1.54) is 19.3 Å². The Labute approximate surface area is 264 Å². The third kappa shape index (κ3) is 10.0. The summed E-state index contributed by atoms with van der Waals surface area (Å²) in [5, 5.41) is 3.84. The van der Waals surface area contributed by atoms with Crippen molar-refractivity contribution in [1.82, 2.24) is 20.1 Å². The van der Waals surface area contributed by atoms with E-state index in [4.69, 9.17) is 18.6 Å². The van der Waals surface area contributed by atoms with Crippen molar-refractivity contribution < 1.29 is 23.4 Å². The van der Waals surface area contributed by atoms with Crippen molar-refractivity contribution in [2.45, 2.75) is 45.1 Å². The molecule has 1 amide bonds. The highest BCUT2D eigenvalue weighted by Gasteiger charge is 2.11. The molecule has 1 aliphatic heterocycles. The summed E-state index contributed by atoms with van der Waals surface area (Å²) in [5.74, 6) is 1.18. The van der Waals surface area contributed by atoms with Crippen molar-refractivity contribution in [2.24, 2.45) is 0 Å². The number of hydrogen-bond donors (Lipinski definition) is 1. The smallest absolute Gasteiger partial charge is 0.412 e. The molecule has 0 unspecified atom stereocenters. The predicted octanol–water partition coefficient (Wildman–Crippen LogP) is 5.61. The summed E-state index contributed by atoms with van der Waals surface area (Å²) in [6.45, 7) is 7.64. The molecule has 4 aromatic rings. The summed E-state index contributed by atoms with van der Waals surface area (Å²) in [4.78, 5) is 33.8. The van der Waals surface area contributed by atoms with E-state index >= 15 is 0 Å². The lowest BCUT2D eigenvalue weighted by Crippen LogP contribution is -2.36. The summed E-state index contributed by atoms with van der Waals surface area (Å²) < 4.78 is 22.7. The van der Waals surface area contributed by atoms with Gasteiger partial charge in [-0.2, -0.15) is 0 Å². The summed E-state index contributed by atoms with van der Waals surface area (Å²) in [7, 11) is 2.05. The van der Waals surface area contributed by atoms with Crippen LogP contribution in [0.15, 0.2) is 70.0 Å². The molecule has 0 spiro atoms. The quantitative estimate of drug-likeness (QED) is 0.127. The van der Waals surface area contributed by atoms with Crippen molar-refractivity contribution in [2.75, 3.05) is 59.6 Å². The molecule has 0 saturated carbocycles. The van der Waals surface area contributed by atoms with E-state index in [-0.39, 0.29) is 5.43 Å². The van der Waals surface area contributed by atoms with Gasteiger partial charge in [-0.1, -0.05) is 31.4 Å². The van der Waals surface area contributed by atoms with Crippen LogP contribution in [0.5, 0.6) is 11.5 Å². The van der Waals surface area contributed by atoms with Gasteiger partial charge in [0.15, 0.2) is 0 Å². The van der Waals surface area contributed by atoms with Gasteiger partial charge in [0.05, 0.1) is 30.6 Å². The first-order chi connectivity index (χ1) is 22.0. The summed E-state index contributed by atoms with van der Waals surface area (Å²) in [6, 6.07) is 16.3. The molecule has 10 nitrogen and oxygen atoms in total. The first-order valence-corrected chi connectivity index (χ1v) is 16.0. The zero-order valence-electron chi connectivity index (χ0n) is 26.2. The largest absolute Gasteiger partial charge is 0.493 e. The van der Waals surface area contributed by atoms with E-state index in [0.717, 1.165) is 64.2 Å². The van der Waals surface area contributed by atoms with E-state index in [2.05, 4.69) is 20.1 Å². The van der Waals surface area contributed by atoms with E-state index in [0.29, 0.717) is 53.3 Å². The van der Waals surface area contributed by atoms with E-state index in [1.807, 2.05) is 25.2 Å². The fourth-order valence-electron chi connectivity index (χ4n) is 5.53. The third-order valence-corrected chi connectivity index (χ3v) is 7.96. The monoisotopic (exact) mass is 616 g/mol. The number of carbonyl (C=O) groups is 1. The van der Waals surface area contributed by atoms with Gasteiger partial charge in [-0.25, -0.2) is 9.78 Å². The molecule has 10 heteroatoms. The van der Waals surface area contributed by atoms with Gasteiger partial charge in [-0.05, 0) is 74.8 Å². The fraction of sp³-hybridized carbons (Fsp3) is 0.457. The molecule has 0 atom stereocenters. The van der Waals surface area contributed by atoms with E-state index < -0.39 is 6.09 Å². The van der Waals surface area contributed by atoms with Crippen molar-refractivity contribution in [3.05, 3.63) is 76.6 Å². The maximum absolute atomic E-state index is 12.7. The molecule has 3 heterocycles. The van der Waals surface area contributed by atoms with Crippen LogP contribution < -0.4 is 20.2 Å². The van der Waals surface area contributed by atoms with Crippen LogP contribution in [0.3, 0.4) is 0 Å². The maximum Gasteiger partial charge on any atom is 0.412 e. The highest BCUT2D eigenvalue weighted by molar-refractivity contribution is 5.88.